The molecule has 1 aromatic carbocycles. The molecule has 1 unspecified atom stereocenters. The fourth-order valence-electron chi connectivity index (χ4n) is 3.87. The molecule has 1 atom stereocenters. The van der Waals surface area contributed by atoms with Crippen molar-refractivity contribution < 1.29 is 26.5 Å². The molecule has 1 fully saturated rings. The van der Waals surface area contributed by atoms with Crippen molar-refractivity contribution >= 4 is 21.8 Å². The van der Waals surface area contributed by atoms with E-state index in [1.807, 2.05) is 0 Å². The van der Waals surface area contributed by atoms with Gasteiger partial charge in [0, 0.05) is 42.9 Å². The van der Waals surface area contributed by atoms with E-state index in [0.717, 1.165) is 12.4 Å². The van der Waals surface area contributed by atoms with Crippen LogP contribution in [0.5, 0.6) is 5.75 Å². The first kappa shape index (κ1) is 24.0. The first-order chi connectivity index (χ1) is 17.3. The zero-order valence-electron chi connectivity index (χ0n) is 18.5. The molecule has 3 aromatic rings. The number of piperidine rings is 1. The minimum Gasteiger partial charge on any atom is -0.487 e. The van der Waals surface area contributed by atoms with Gasteiger partial charge in [-0.3, -0.25) is 0 Å². The molecule has 5 rings (SSSR count). The van der Waals surface area contributed by atoms with Gasteiger partial charge in [-0.25, -0.2) is 23.6 Å². The van der Waals surface area contributed by atoms with Gasteiger partial charge >= 0.3 is 6.18 Å². The van der Waals surface area contributed by atoms with Crippen LogP contribution < -0.4 is 9.64 Å². The van der Waals surface area contributed by atoms with Gasteiger partial charge in [0.25, 0.3) is 0 Å². The smallest absolute Gasteiger partial charge is 0.419 e. The van der Waals surface area contributed by atoms with Gasteiger partial charge in [-0.05, 0) is 35.4 Å². The van der Waals surface area contributed by atoms with E-state index in [-0.39, 0.29) is 29.9 Å². The highest BCUT2D eigenvalue weighted by Crippen LogP contribution is 2.30. The molecule has 188 valence electrons. The maximum Gasteiger partial charge on any atom is 0.419 e. The Morgan fingerprint density at radius 1 is 1.14 bits per heavy atom. The highest BCUT2D eigenvalue weighted by atomic mass is 32.2. The maximum atomic E-state index is 14.4. The number of aromatic nitrogens is 6. The number of alkyl halides is 3. The fourth-order valence-corrected chi connectivity index (χ4v) is 5.13. The Kier molecular flexibility index (Phi) is 6.47. The van der Waals surface area contributed by atoms with Crippen molar-refractivity contribution in [2.45, 2.75) is 19.0 Å². The number of benzene rings is 1. The Morgan fingerprint density at radius 2 is 1.89 bits per heavy atom. The van der Waals surface area contributed by atoms with Gasteiger partial charge in [0.2, 0.25) is 5.95 Å². The molecule has 0 amide bonds. The molecule has 36 heavy (non-hydrogen) atoms. The molecule has 2 aliphatic rings. The number of tetrazole rings is 1. The summed E-state index contributed by atoms with van der Waals surface area (Å²) in [5.74, 6) is -0.138. The summed E-state index contributed by atoms with van der Waals surface area (Å²) in [6, 6.07) is 4.24. The molecular weight excluding hydrogens is 504 g/mol. The summed E-state index contributed by atoms with van der Waals surface area (Å²) in [5, 5.41) is 12.6. The van der Waals surface area contributed by atoms with E-state index in [4.69, 9.17) is 4.74 Å². The van der Waals surface area contributed by atoms with Crippen LogP contribution in [-0.2, 0) is 17.0 Å². The molecule has 2 aliphatic heterocycles. The fraction of sp³-hybridized carbons (Fsp3) is 0.333. The zero-order valence-corrected chi connectivity index (χ0v) is 19.3. The Bertz CT molecular complexity index is 1320. The summed E-state index contributed by atoms with van der Waals surface area (Å²) in [6.07, 6.45) is -0.480. The van der Waals surface area contributed by atoms with Crippen LogP contribution >= 0.6 is 0 Å². The van der Waals surface area contributed by atoms with E-state index in [0.29, 0.717) is 36.7 Å². The standard InChI is InChI=1S/C21H18F4N8O2S/c22-17-7-16(1-2-18(17)33-12-28-30-31-33)35-10-15-11-36(34)19(29-15)13-3-5-32(6-4-13)20-26-8-14(9-27-20)21(23,24)25/h1-2,7-9,11-13H,3-6,10H2. The van der Waals surface area contributed by atoms with Crippen molar-refractivity contribution in [3.05, 3.63) is 59.4 Å². The third kappa shape index (κ3) is 5.10. The summed E-state index contributed by atoms with van der Waals surface area (Å²) in [6.45, 7) is 0.993. The lowest BCUT2D eigenvalue weighted by Crippen LogP contribution is -2.37. The lowest BCUT2D eigenvalue weighted by molar-refractivity contribution is -0.138. The quantitative estimate of drug-likeness (QED) is 0.455. The molecule has 15 heteroatoms. The van der Waals surface area contributed by atoms with Crippen molar-refractivity contribution in [3.63, 3.8) is 0 Å². The van der Waals surface area contributed by atoms with Crippen LogP contribution in [0.1, 0.15) is 18.4 Å². The first-order valence-electron chi connectivity index (χ1n) is 10.8. The molecule has 4 heterocycles. The number of rotatable bonds is 6. The average Bonchev–Trinajstić information content (AvgIpc) is 3.52. The largest absolute Gasteiger partial charge is 0.487 e. The molecule has 0 saturated carbocycles. The van der Waals surface area contributed by atoms with Gasteiger partial charge in [-0.15, -0.1) is 5.10 Å². The summed E-state index contributed by atoms with van der Waals surface area (Å²) in [4.78, 5) is 13.9. The van der Waals surface area contributed by atoms with Gasteiger partial charge < -0.3 is 9.64 Å². The summed E-state index contributed by atoms with van der Waals surface area (Å²) in [7, 11) is -1.41. The summed E-state index contributed by atoms with van der Waals surface area (Å²) >= 11 is 0. The number of ether oxygens (including phenoxy) is 1. The van der Waals surface area contributed by atoms with Crippen LogP contribution in [0.3, 0.4) is 0 Å². The summed E-state index contributed by atoms with van der Waals surface area (Å²) in [5.41, 5.74) is -0.257. The van der Waals surface area contributed by atoms with Crippen molar-refractivity contribution in [3.8, 4) is 11.4 Å². The van der Waals surface area contributed by atoms with Crippen LogP contribution in [0.2, 0.25) is 0 Å². The van der Waals surface area contributed by atoms with Crippen LogP contribution in [-0.4, -0.2) is 59.1 Å². The minimum absolute atomic E-state index is 0.0111. The SMILES string of the molecule is O=S1C=C(COc2ccc(-n3cnnn3)c(F)c2)N=C1C1CCN(c2ncc(C(F)(F)F)cn2)CC1. The zero-order chi connectivity index (χ0) is 25.3. The number of nitrogens with zero attached hydrogens (tertiary/aromatic N) is 8. The number of anilines is 1. The number of aliphatic imine (C=N–C) groups is 1. The molecule has 0 radical (unpaired) electrons. The van der Waals surface area contributed by atoms with Crippen molar-refractivity contribution in [2.75, 3.05) is 24.6 Å². The van der Waals surface area contributed by atoms with Gasteiger partial charge in [0.15, 0.2) is 5.82 Å². The van der Waals surface area contributed by atoms with E-state index < -0.39 is 28.4 Å². The predicted octanol–water partition coefficient (Wildman–Crippen LogP) is 2.91. The second-order valence-corrected chi connectivity index (χ2v) is 9.29. The number of hydrogen-bond donors (Lipinski definition) is 0. The Hall–Kier alpha value is -3.75. The molecule has 1 saturated heterocycles. The highest BCUT2D eigenvalue weighted by molar-refractivity contribution is 8.03. The molecule has 10 nitrogen and oxygen atoms in total. The molecular formula is C21H18F4N8O2S. The first-order valence-corrected chi connectivity index (χ1v) is 12.0. The third-order valence-electron chi connectivity index (χ3n) is 5.70. The second kappa shape index (κ2) is 9.72. The van der Waals surface area contributed by atoms with Crippen LogP contribution in [0, 0.1) is 11.7 Å². The molecule has 0 N–H and O–H groups in total. The molecule has 2 aromatic heterocycles. The van der Waals surface area contributed by atoms with E-state index in [1.165, 1.54) is 28.5 Å². The third-order valence-corrected chi connectivity index (χ3v) is 7.02. The Morgan fingerprint density at radius 3 is 2.53 bits per heavy atom. The Balaban J connectivity index is 1.16. The van der Waals surface area contributed by atoms with Crippen LogP contribution in [0.25, 0.3) is 5.69 Å². The van der Waals surface area contributed by atoms with Crippen LogP contribution in [0.4, 0.5) is 23.5 Å². The van der Waals surface area contributed by atoms with E-state index >= 15 is 0 Å². The molecule has 0 spiro atoms. The second-order valence-electron chi connectivity index (χ2n) is 8.04. The van der Waals surface area contributed by atoms with Crippen molar-refractivity contribution in [1.29, 1.82) is 0 Å². The van der Waals surface area contributed by atoms with Gasteiger partial charge in [-0.1, -0.05) is 0 Å². The average molecular weight is 522 g/mol. The van der Waals surface area contributed by atoms with Crippen LogP contribution in [0.15, 0.2) is 53.0 Å². The lowest BCUT2D eigenvalue weighted by atomic mass is 9.98. The predicted molar refractivity (Wildman–Crippen MR) is 120 cm³/mol. The van der Waals surface area contributed by atoms with Crippen molar-refractivity contribution in [1.82, 2.24) is 30.2 Å². The Labute approximate surface area is 204 Å². The number of hydrogen-bond acceptors (Lipinski definition) is 9. The van der Waals surface area contributed by atoms with E-state index in [9.17, 15) is 21.8 Å². The summed E-state index contributed by atoms with van der Waals surface area (Å²) < 4.78 is 72.0. The lowest BCUT2D eigenvalue weighted by Gasteiger charge is -2.31. The maximum absolute atomic E-state index is 14.4. The van der Waals surface area contributed by atoms with Gasteiger partial charge in [0.1, 0.15) is 29.4 Å². The van der Waals surface area contributed by atoms with Gasteiger partial charge in [-0.2, -0.15) is 17.9 Å². The molecule has 0 aliphatic carbocycles. The van der Waals surface area contributed by atoms with Gasteiger partial charge in [0.05, 0.1) is 22.1 Å². The van der Waals surface area contributed by atoms with E-state index in [2.05, 4.69) is 30.5 Å². The normalized spacial score (nSPS) is 18.8. The monoisotopic (exact) mass is 522 g/mol. The number of halogens is 4. The van der Waals surface area contributed by atoms with Crippen molar-refractivity contribution in [2.24, 2.45) is 10.9 Å². The topological polar surface area (TPSA) is 111 Å². The molecule has 0 bridgehead atoms. The minimum atomic E-state index is -4.49. The highest BCUT2D eigenvalue weighted by Gasteiger charge is 2.33. The van der Waals surface area contributed by atoms with E-state index in [1.54, 1.807) is 11.0 Å².